The molecule has 148 valence electrons. The van der Waals surface area contributed by atoms with Gasteiger partial charge in [-0.15, -0.1) is 11.3 Å². The van der Waals surface area contributed by atoms with Crippen molar-refractivity contribution >= 4 is 43.4 Å². The zero-order chi connectivity index (χ0) is 20.0. The zero-order valence-corrected chi connectivity index (χ0v) is 17.7. The topological polar surface area (TPSA) is 75.6 Å². The van der Waals surface area contributed by atoms with Crippen molar-refractivity contribution in [2.75, 3.05) is 17.7 Å². The van der Waals surface area contributed by atoms with E-state index in [1.807, 2.05) is 19.3 Å². The van der Waals surface area contributed by atoms with Crippen LogP contribution < -0.4 is 10.6 Å². The van der Waals surface area contributed by atoms with E-state index in [1.54, 1.807) is 23.9 Å². The van der Waals surface area contributed by atoms with Gasteiger partial charge in [-0.1, -0.05) is 19.9 Å². The van der Waals surface area contributed by atoms with Gasteiger partial charge in [-0.05, 0) is 47.4 Å². The van der Waals surface area contributed by atoms with E-state index in [0.717, 1.165) is 45.1 Å². The Balaban J connectivity index is 1.66. The molecule has 29 heavy (non-hydrogen) atoms. The standard InChI is InChI=1S/C22H24N6S/c1-22(2)7-6-14-15(9-22)16-17-18(29-21(16)28-19(14)23-3)20(27-12-26-17)25-11-13-5-4-8-24-10-13/h4-5,8,10,12H,6-7,9,11H2,1-3H3,(H,23,28)(H,25,26,27). The second kappa shape index (κ2) is 6.91. The summed E-state index contributed by atoms with van der Waals surface area (Å²) in [5, 5.41) is 7.99. The summed E-state index contributed by atoms with van der Waals surface area (Å²) in [5.41, 5.74) is 5.17. The summed E-state index contributed by atoms with van der Waals surface area (Å²) in [6, 6.07) is 4.01. The van der Waals surface area contributed by atoms with E-state index in [1.165, 1.54) is 22.9 Å². The second-order valence-corrected chi connectivity index (χ2v) is 9.40. The minimum Gasteiger partial charge on any atom is -0.373 e. The molecule has 4 heterocycles. The molecule has 4 aromatic rings. The number of rotatable bonds is 4. The molecule has 0 saturated carbocycles. The van der Waals surface area contributed by atoms with Crippen LogP contribution in [0.5, 0.6) is 0 Å². The quantitative estimate of drug-likeness (QED) is 0.509. The number of fused-ring (bicyclic) bond motifs is 5. The predicted octanol–water partition coefficient (Wildman–Crippen LogP) is 4.80. The zero-order valence-electron chi connectivity index (χ0n) is 16.9. The first-order valence-corrected chi connectivity index (χ1v) is 10.8. The number of hydrogen-bond donors (Lipinski definition) is 2. The third-order valence-corrected chi connectivity index (χ3v) is 6.82. The maximum absolute atomic E-state index is 4.95. The Hall–Kier alpha value is -2.80. The smallest absolute Gasteiger partial charge is 0.147 e. The molecular formula is C22H24N6S. The number of thiophene rings is 1. The molecule has 0 amide bonds. The van der Waals surface area contributed by atoms with Crippen LogP contribution in [0.25, 0.3) is 20.4 Å². The molecule has 4 aromatic heterocycles. The molecule has 6 nitrogen and oxygen atoms in total. The van der Waals surface area contributed by atoms with Crippen molar-refractivity contribution < 1.29 is 0 Å². The lowest BCUT2D eigenvalue weighted by atomic mass is 9.74. The van der Waals surface area contributed by atoms with Gasteiger partial charge in [0.25, 0.3) is 0 Å². The van der Waals surface area contributed by atoms with Gasteiger partial charge in [-0.25, -0.2) is 15.0 Å². The normalized spacial score (nSPS) is 15.4. The maximum Gasteiger partial charge on any atom is 0.147 e. The molecule has 5 rings (SSSR count). The Morgan fingerprint density at radius 1 is 1.17 bits per heavy atom. The molecule has 0 unspecified atom stereocenters. The number of nitrogens with zero attached hydrogens (tertiary/aromatic N) is 4. The highest BCUT2D eigenvalue weighted by Crippen LogP contribution is 2.45. The lowest BCUT2D eigenvalue weighted by Crippen LogP contribution is -2.23. The predicted molar refractivity (Wildman–Crippen MR) is 120 cm³/mol. The van der Waals surface area contributed by atoms with Crippen LogP contribution in [-0.4, -0.2) is 27.0 Å². The molecule has 0 radical (unpaired) electrons. The van der Waals surface area contributed by atoms with Crippen LogP contribution in [0, 0.1) is 5.41 Å². The Morgan fingerprint density at radius 3 is 2.86 bits per heavy atom. The van der Waals surface area contributed by atoms with Gasteiger partial charge < -0.3 is 10.6 Å². The van der Waals surface area contributed by atoms with E-state index < -0.39 is 0 Å². The summed E-state index contributed by atoms with van der Waals surface area (Å²) in [6.07, 6.45) is 8.59. The van der Waals surface area contributed by atoms with E-state index in [2.05, 4.69) is 45.5 Å². The van der Waals surface area contributed by atoms with Gasteiger partial charge in [0, 0.05) is 31.4 Å². The van der Waals surface area contributed by atoms with Gasteiger partial charge >= 0.3 is 0 Å². The molecular weight excluding hydrogens is 380 g/mol. The van der Waals surface area contributed by atoms with Crippen LogP contribution >= 0.6 is 11.3 Å². The Kier molecular flexibility index (Phi) is 4.35. The monoisotopic (exact) mass is 404 g/mol. The number of aromatic nitrogens is 4. The third kappa shape index (κ3) is 3.19. The van der Waals surface area contributed by atoms with E-state index >= 15 is 0 Å². The molecule has 0 atom stereocenters. The van der Waals surface area contributed by atoms with Crippen LogP contribution in [-0.2, 0) is 19.4 Å². The SMILES string of the molecule is CNc1nc2sc3c(NCc4cccnc4)ncnc3c2c2c1CCC(C)(C)C2. The largest absolute Gasteiger partial charge is 0.373 e. The summed E-state index contributed by atoms with van der Waals surface area (Å²) in [6.45, 7) is 5.38. The molecule has 0 bridgehead atoms. The van der Waals surface area contributed by atoms with Crippen LogP contribution in [0.3, 0.4) is 0 Å². The minimum absolute atomic E-state index is 0.287. The molecule has 0 aromatic carbocycles. The molecule has 2 N–H and O–H groups in total. The minimum atomic E-state index is 0.287. The average Bonchev–Trinajstić information content (AvgIpc) is 3.11. The molecule has 1 aliphatic rings. The average molecular weight is 405 g/mol. The number of pyridine rings is 2. The summed E-state index contributed by atoms with van der Waals surface area (Å²) < 4.78 is 1.07. The van der Waals surface area contributed by atoms with Gasteiger partial charge in [0.05, 0.1) is 10.2 Å². The molecule has 0 spiro atoms. The van der Waals surface area contributed by atoms with Crippen LogP contribution in [0.2, 0.25) is 0 Å². The van der Waals surface area contributed by atoms with Gasteiger partial charge in [0.15, 0.2) is 0 Å². The van der Waals surface area contributed by atoms with Crippen LogP contribution in [0.15, 0.2) is 30.9 Å². The van der Waals surface area contributed by atoms with E-state index in [0.29, 0.717) is 6.54 Å². The number of nitrogens with one attached hydrogen (secondary N) is 2. The highest BCUT2D eigenvalue weighted by molar-refractivity contribution is 7.26. The van der Waals surface area contributed by atoms with Gasteiger partial charge in [-0.3, -0.25) is 4.98 Å². The fourth-order valence-corrected chi connectivity index (χ4v) is 5.35. The van der Waals surface area contributed by atoms with Crippen molar-refractivity contribution in [1.29, 1.82) is 0 Å². The highest BCUT2D eigenvalue weighted by Gasteiger charge is 2.30. The Bertz CT molecular complexity index is 1200. The number of hydrogen-bond acceptors (Lipinski definition) is 7. The lowest BCUT2D eigenvalue weighted by molar-refractivity contribution is 0.317. The summed E-state index contributed by atoms with van der Waals surface area (Å²) in [7, 11) is 1.96. The first-order chi connectivity index (χ1) is 14.1. The van der Waals surface area contributed by atoms with Crippen molar-refractivity contribution in [1.82, 2.24) is 19.9 Å². The first kappa shape index (κ1) is 18.2. The molecule has 0 saturated heterocycles. The van der Waals surface area contributed by atoms with Crippen LogP contribution in [0.4, 0.5) is 11.6 Å². The highest BCUT2D eigenvalue weighted by atomic mass is 32.1. The summed E-state index contributed by atoms with van der Waals surface area (Å²) in [5.74, 6) is 1.86. The van der Waals surface area contributed by atoms with Gasteiger partial charge in [-0.2, -0.15) is 0 Å². The van der Waals surface area contributed by atoms with Gasteiger partial charge in [0.2, 0.25) is 0 Å². The Morgan fingerprint density at radius 2 is 2.07 bits per heavy atom. The first-order valence-electron chi connectivity index (χ1n) is 9.95. The van der Waals surface area contributed by atoms with E-state index in [-0.39, 0.29) is 5.41 Å². The fourth-order valence-electron chi connectivity index (χ4n) is 4.23. The molecule has 0 fully saturated rings. The lowest BCUT2D eigenvalue weighted by Gasteiger charge is -2.32. The van der Waals surface area contributed by atoms with Gasteiger partial charge in [0.1, 0.15) is 22.8 Å². The third-order valence-electron chi connectivity index (χ3n) is 5.75. The molecule has 0 aliphatic heterocycles. The molecule has 7 heteroatoms. The summed E-state index contributed by atoms with van der Waals surface area (Å²) >= 11 is 1.67. The van der Waals surface area contributed by atoms with E-state index in [9.17, 15) is 0 Å². The van der Waals surface area contributed by atoms with Crippen molar-refractivity contribution in [3.8, 4) is 0 Å². The second-order valence-electron chi connectivity index (χ2n) is 8.41. The summed E-state index contributed by atoms with van der Waals surface area (Å²) in [4.78, 5) is 19.4. The van der Waals surface area contributed by atoms with E-state index in [4.69, 9.17) is 4.98 Å². The van der Waals surface area contributed by atoms with Crippen molar-refractivity contribution in [2.45, 2.75) is 39.7 Å². The molecule has 1 aliphatic carbocycles. The Labute approximate surface area is 173 Å². The van der Waals surface area contributed by atoms with Crippen molar-refractivity contribution in [3.05, 3.63) is 47.5 Å². The fraction of sp³-hybridized carbons (Fsp3) is 0.364. The van der Waals surface area contributed by atoms with Crippen molar-refractivity contribution in [3.63, 3.8) is 0 Å². The maximum atomic E-state index is 4.95. The van der Waals surface area contributed by atoms with Crippen molar-refractivity contribution in [2.24, 2.45) is 5.41 Å². The van der Waals surface area contributed by atoms with Crippen LogP contribution in [0.1, 0.15) is 37.0 Å². The number of anilines is 2.